The third kappa shape index (κ3) is 6.81. The molecule has 0 radical (unpaired) electrons. The van der Waals surface area contributed by atoms with Crippen molar-refractivity contribution in [3.8, 4) is 17.1 Å². The Morgan fingerprint density at radius 1 is 1.17 bits per heavy atom. The number of halogens is 2. The van der Waals surface area contributed by atoms with Crippen LogP contribution in [0.5, 0.6) is 5.75 Å². The molecule has 0 aliphatic heterocycles. The van der Waals surface area contributed by atoms with Crippen molar-refractivity contribution in [1.82, 2.24) is 14.9 Å². The summed E-state index contributed by atoms with van der Waals surface area (Å²) in [5, 5.41) is 7.05. The molecule has 1 saturated carbocycles. The topological polar surface area (TPSA) is 56.1 Å². The lowest BCUT2D eigenvalue weighted by atomic mass is 9.89. The Labute approximate surface area is 221 Å². The Hall–Kier alpha value is -2.02. The summed E-state index contributed by atoms with van der Waals surface area (Å²) in [6, 6.07) is 7.17. The van der Waals surface area contributed by atoms with Crippen molar-refractivity contribution < 1.29 is 9.53 Å². The number of hydrogen-bond donors (Lipinski definition) is 1. The average Bonchev–Trinajstić information content (AvgIpc) is 3.43. The van der Waals surface area contributed by atoms with Crippen LogP contribution in [0.2, 0.25) is 10.0 Å². The van der Waals surface area contributed by atoms with Crippen LogP contribution in [0.4, 0.5) is 0 Å². The molecule has 2 heterocycles. The third-order valence-electron chi connectivity index (χ3n) is 6.61. The maximum absolute atomic E-state index is 13.0. The molecule has 5 nitrogen and oxygen atoms in total. The average molecular weight is 535 g/mol. The van der Waals surface area contributed by atoms with Crippen LogP contribution in [0, 0.1) is 12.8 Å². The van der Waals surface area contributed by atoms with E-state index in [-0.39, 0.29) is 5.91 Å². The smallest absolute Gasteiger partial charge is 0.253 e. The highest BCUT2D eigenvalue weighted by Crippen LogP contribution is 2.32. The summed E-state index contributed by atoms with van der Waals surface area (Å²) in [6.45, 7) is 6.13. The molecule has 0 saturated heterocycles. The van der Waals surface area contributed by atoms with Gasteiger partial charge >= 0.3 is 0 Å². The molecule has 1 N–H and O–H groups in total. The zero-order valence-electron chi connectivity index (χ0n) is 20.4. The highest BCUT2D eigenvalue weighted by atomic mass is 35.5. The van der Waals surface area contributed by atoms with Crippen molar-refractivity contribution in [3.63, 3.8) is 0 Å². The summed E-state index contributed by atoms with van der Waals surface area (Å²) >= 11 is 13.7. The number of benzene rings is 1. The second-order valence-corrected chi connectivity index (χ2v) is 11.1. The molecule has 8 heteroatoms. The summed E-state index contributed by atoms with van der Waals surface area (Å²) in [6.07, 6.45) is 8.42. The van der Waals surface area contributed by atoms with Gasteiger partial charge in [-0.05, 0) is 56.4 Å². The van der Waals surface area contributed by atoms with Gasteiger partial charge in [0.25, 0.3) is 5.91 Å². The highest BCUT2D eigenvalue weighted by molar-refractivity contribution is 7.09. The van der Waals surface area contributed by atoms with Gasteiger partial charge in [0.15, 0.2) is 0 Å². The molecule has 1 aliphatic carbocycles. The fourth-order valence-corrected chi connectivity index (χ4v) is 5.88. The van der Waals surface area contributed by atoms with Crippen molar-refractivity contribution in [2.45, 2.75) is 71.9 Å². The second-order valence-electron chi connectivity index (χ2n) is 9.27. The van der Waals surface area contributed by atoms with E-state index in [4.69, 9.17) is 32.9 Å². The number of hydrogen-bond acceptors (Lipinski definition) is 4. The first-order valence-corrected chi connectivity index (χ1v) is 14.1. The summed E-state index contributed by atoms with van der Waals surface area (Å²) in [5.41, 5.74) is 3.64. The van der Waals surface area contributed by atoms with Crippen molar-refractivity contribution in [2.24, 2.45) is 5.92 Å². The van der Waals surface area contributed by atoms with E-state index in [0.29, 0.717) is 34.9 Å². The third-order valence-corrected chi connectivity index (χ3v) is 7.86. The summed E-state index contributed by atoms with van der Waals surface area (Å²) < 4.78 is 8.19. The predicted molar refractivity (Wildman–Crippen MR) is 145 cm³/mol. The van der Waals surface area contributed by atoms with E-state index in [1.807, 2.05) is 6.07 Å². The van der Waals surface area contributed by atoms with E-state index < -0.39 is 0 Å². The normalized spacial score (nSPS) is 14.3. The first kappa shape index (κ1) is 26.1. The molecule has 3 aromatic rings. The van der Waals surface area contributed by atoms with Crippen LogP contribution in [0.15, 0.2) is 29.6 Å². The summed E-state index contributed by atoms with van der Waals surface area (Å²) in [5.74, 6) is 1.25. The molecule has 0 spiro atoms. The van der Waals surface area contributed by atoms with Crippen LogP contribution in [-0.2, 0) is 13.2 Å². The van der Waals surface area contributed by atoms with Gasteiger partial charge in [-0.15, -0.1) is 11.3 Å². The largest absolute Gasteiger partial charge is 0.486 e. The van der Waals surface area contributed by atoms with Crippen LogP contribution in [0.3, 0.4) is 0 Å². The number of thiazole rings is 1. The molecule has 4 rings (SSSR count). The minimum Gasteiger partial charge on any atom is -0.486 e. The summed E-state index contributed by atoms with van der Waals surface area (Å²) in [4.78, 5) is 17.8. The maximum Gasteiger partial charge on any atom is 0.253 e. The lowest BCUT2D eigenvalue weighted by Gasteiger charge is -2.24. The fourth-order valence-electron chi connectivity index (χ4n) is 4.68. The van der Waals surface area contributed by atoms with Crippen LogP contribution in [0.25, 0.3) is 11.4 Å². The van der Waals surface area contributed by atoms with Gasteiger partial charge in [0.05, 0.1) is 17.0 Å². The molecule has 0 atom stereocenters. The van der Waals surface area contributed by atoms with E-state index in [9.17, 15) is 4.79 Å². The zero-order chi connectivity index (χ0) is 24.8. The Morgan fingerprint density at radius 2 is 1.91 bits per heavy atom. The Balaban J connectivity index is 1.56. The number of carbonyl (C=O) groups excluding carboxylic acids is 1. The van der Waals surface area contributed by atoms with E-state index in [2.05, 4.69) is 29.1 Å². The standard InChI is InChI=1S/C27H33Cl2N3O2S/c1-3-4-10-30-27(33)23-14-25(32(18(23)2)15-19-8-6-5-7-9-19)24-17-35-26(31-24)16-34-22-12-20(28)11-21(29)13-22/h11-14,17,19H,3-10,15-16H2,1-2H3,(H,30,33). The molecular weight excluding hydrogens is 501 g/mol. The van der Waals surface area contributed by atoms with Gasteiger partial charge in [0, 0.05) is 34.2 Å². The quantitative estimate of drug-likeness (QED) is 0.269. The maximum atomic E-state index is 13.0. The van der Waals surface area contributed by atoms with E-state index in [1.165, 1.54) is 32.1 Å². The predicted octanol–water partition coefficient (Wildman–Crippen LogP) is 7.92. The molecule has 0 bridgehead atoms. The zero-order valence-corrected chi connectivity index (χ0v) is 22.7. The lowest BCUT2D eigenvalue weighted by molar-refractivity contribution is 0.0952. The van der Waals surface area contributed by atoms with E-state index in [1.54, 1.807) is 29.5 Å². The number of rotatable bonds is 10. The lowest BCUT2D eigenvalue weighted by Crippen LogP contribution is -2.25. The van der Waals surface area contributed by atoms with Crippen LogP contribution < -0.4 is 10.1 Å². The first-order valence-electron chi connectivity index (χ1n) is 12.5. The van der Waals surface area contributed by atoms with Crippen LogP contribution in [-0.4, -0.2) is 22.0 Å². The number of ether oxygens (including phenoxy) is 1. The van der Waals surface area contributed by atoms with E-state index in [0.717, 1.165) is 47.0 Å². The molecular formula is C27H33Cl2N3O2S. The minimum absolute atomic E-state index is 0.00350. The molecule has 0 unspecified atom stereocenters. The summed E-state index contributed by atoms with van der Waals surface area (Å²) in [7, 11) is 0. The fraction of sp³-hybridized carbons (Fsp3) is 0.481. The van der Waals surface area contributed by atoms with Gasteiger partial charge in [0.1, 0.15) is 17.4 Å². The number of aromatic nitrogens is 2. The monoisotopic (exact) mass is 533 g/mol. The first-order chi connectivity index (χ1) is 16.9. The Kier molecular flexibility index (Phi) is 9.15. The molecule has 1 amide bonds. The molecule has 1 aliphatic rings. The molecule has 35 heavy (non-hydrogen) atoms. The molecule has 1 aromatic carbocycles. The Morgan fingerprint density at radius 3 is 2.63 bits per heavy atom. The SMILES string of the molecule is CCCCNC(=O)c1cc(-c2csc(COc3cc(Cl)cc(Cl)c3)n2)n(CC2CCCCC2)c1C. The van der Waals surface area contributed by atoms with Gasteiger partial charge in [0.2, 0.25) is 0 Å². The van der Waals surface area contributed by atoms with Gasteiger partial charge in [-0.2, -0.15) is 0 Å². The van der Waals surface area contributed by atoms with Crippen LogP contribution >= 0.6 is 34.5 Å². The van der Waals surface area contributed by atoms with Gasteiger partial charge < -0.3 is 14.6 Å². The molecule has 2 aromatic heterocycles. The van der Waals surface area contributed by atoms with Crippen LogP contribution in [0.1, 0.15) is 72.9 Å². The van der Waals surface area contributed by atoms with Gasteiger partial charge in [-0.3, -0.25) is 4.79 Å². The van der Waals surface area contributed by atoms with Crippen molar-refractivity contribution in [2.75, 3.05) is 6.54 Å². The van der Waals surface area contributed by atoms with Crippen molar-refractivity contribution in [1.29, 1.82) is 0 Å². The molecule has 1 fully saturated rings. The number of unbranched alkanes of at least 4 members (excludes halogenated alkanes) is 1. The minimum atomic E-state index is -0.00350. The van der Waals surface area contributed by atoms with Gasteiger partial charge in [-0.25, -0.2) is 4.98 Å². The van der Waals surface area contributed by atoms with E-state index >= 15 is 0 Å². The number of carbonyl (C=O) groups is 1. The number of nitrogens with one attached hydrogen (secondary N) is 1. The molecule has 188 valence electrons. The number of nitrogens with zero attached hydrogens (tertiary/aromatic N) is 2. The Bertz CT molecular complexity index is 1130. The van der Waals surface area contributed by atoms with Gasteiger partial charge in [-0.1, -0.05) is 55.8 Å². The van der Waals surface area contributed by atoms with Crippen molar-refractivity contribution >= 4 is 40.4 Å². The van der Waals surface area contributed by atoms with Crippen molar-refractivity contribution in [3.05, 3.63) is 56.0 Å². The number of amides is 1. The second kappa shape index (κ2) is 12.3. The highest BCUT2D eigenvalue weighted by Gasteiger charge is 2.23.